The molecule has 160 valence electrons. The number of nitrogens with one attached hydrogen (secondary N) is 2. The van der Waals surface area contributed by atoms with Gasteiger partial charge in [0, 0.05) is 31.7 Å². The number of imide groups is 1. The second kappa shape index (κ2) is 8.76. The highest BCUT2D eigenvalue weighted by Crippen LogP contribution is 2.52. The van der Waals surface area contributed by atoms with E-state index in [1.54, 1.807) is 13.1 Å². The van der Waals surface area contributed by atoms with Gasteiger partial charge in [-0.05, 0) is 48.8 Å². The van der Waals surface area contributed by atoms with E-state index in [4.69, 9.17) is 11.6 Å². The first-order valence-electron chi connectivity index (χ1n) is 10.4. The number of halogens is 2. The maximum Gasteiger partial charge on any atom is 0.233 e. The third kappa shape index (κ3) is 3.95. The van der Waals surface area contributed by atoms with E-state index < -0.39 is 0 Å². The van der Waals surface area contributed by atoms with Gasteiger partial charge in [0.2, 0.25) is 11.8 Å². The van der Waals surface area contributed by atoms with Crippen LogP contribution in [0.5, 0.6) is 0 Å². The fourth-order valence-corrected chi connectivity index (χ4v) is 5.15. The molecule has 30 heavy (non-hydrogen) atoms. The van der Waals surface area contributed by atoms with E-state index in [1.807, 2.05) is 0 Å². The number of benzene rings is 1. The van der Waals surface area contributed by atoms with Crippen molar-refractivity contribution in [2.24, 2.45) is 28.7 Å². The number of hydrogen-bond donors (Lipinski definition) is 2. The van der Waals surface area contributed by atoms with Crippen molar-refractivity contribution in [2.75, 3.05) is 26.7 Å². The van der Waals surface area contributed by atoms with Crippen molar-refractivity contribution in [3.63, 3.8) is 0 Å². The molecule has 8 heteroatoms. The standard InChI is InChI=1S/C22H26ClFN4O2/c1-25-22(27-9-7-13-5-6-16(24)12-17(13)23)26-8-2-10-28-20(29)18-14-3-4-15(11-14)19(18)21(28)30/h3-6,12,14-15,18-19H,2,7-11H2,1H3,(H2,25,26,27). The van der Waals surface area contributed by atoms with Crippen LogP contribution >= 0.6 is 11.6 Å². The van der Waals surface area contributed by atoms with Crippen LogP contribution in [0, 0.1) is 29.5 Å². The van der Waals surface area contributed by atoms with Gasteiger partial charge >= 0.3 is 0 Å². The van der Waals surface area contributed by atoms with Crippen LogP contribution in [0.4, 0.5) is 4.39 Å². The molecule has 0 spiro atoms. The van der Waals surface area contributed by atoms with Gasteiger partial charge in [-0.25, -0.2) is 4.39 Å². The monoisotopic (exact) mass is 432 g/mol. The summed E-state index contributed by atoms with van der Waals surface area (Å²) in [5.74, 6) is 0.514. The van der Waals surface area contributed by atoms with Gasteiger partial charge in [0.15, 0.2) is 5.96 Å². The lowest BCUT2D eigenvalue weighted by atomic mass is 9.85. The molecule has 2 N–H and O–H groups in total. The van der Waals surface area contributed by atoms with Crippen molar-refractivity contribution >= 4 is 29.4 Å². The predicted octanol–water partition coefficient (Wildman–Crippen LogP) is 2.38. The Balaban J connectivity index is 1.19. The highest BCUT2D eigenvalue weighted by molar-refractivity contribution is 6.31. The second-order valence-corrected chi connectivity index (χ2v) is 8.50. The highest BCUT2D eigenvalue weighted by atomic mass is 35.5. The van der Waals surface area contributed by atoms with Crippen LogP contribution in [0.15, 0.2) is 35.3 Å². The number of guanidine groups is 1. The summed E-state index contributed by atoms with van der Waals surface area (Å²) in [5, 5.41) is 6.80. The average Bonchev–Trinajstić information content (AvgIpc) is 3.40. The van der Waals surface area contributed by atoms with Gasteiger partial charge in [0.25, 0.3) is 0 Å². The van der Waals surface area contributed by atoms with Gasteiger partial charge in [-0.15, -0.1) is 0 Å². The number of nitrogens with zero attached hydrogens (tertiary/aromatic N) is 2. The molecule has 2 amide bonds. The van der Waals surface area contributed by atoms with Crippen molar-refractivity contribution in [3.8, 4) is 0 Å². The molecule has 3 aliphatic rings. The van der Waals surface area contributed by atoms with Crippen molar-refractivity contribution in [2.45, 2.75) is 19.3 Å². The van der Waals surface area contributed by atoms with Crippen molar-refractivity contribution in [1.29, 1.82) is 0 Å². The molecular weight excluding hydrogens is 407 g/mol. The molecule has 1 aromatic rings. The van der Waals surface area contributed by atoms with Crippen LogP contribution in [0.25, 0.3) is 0 Å². The number of carbonyl (C=O) groups excluding carboxylic acids is 2. The lowest BCUT2D eigenvalue weighted by Crippen LogP contribution is -2.40. The topological polar surface area (TPSA) is 73.8 Å². The number of aliphatic imine (C=N–C) groups is 1. The Labute approximate surface area is 180 Å². The Bertz CT molecular complexity index is 873. The largest absolute Gasteiger partial charge is 0.356 e. The van der Waals surface area contributed by atoms with E-state index in [-0.39, 0.29) is 41.3 Å². The highest BCUT2D eigenvalue weighted by Gasteiger charge is 2.58. The summed E-state index contributed by atoms with van der Waals surface area (Å²) in [5.41, 5.74) is 0.862. The molecule has 2 fully saturated rings. The molecule has 4 rings (SSSR count). The zero-order valence-corrected chi connectivity index (χ0v) is 17.7. The fourth-order valence-electron chi connectivity index (χ4n) is 4.89. The second-order valence-electron chi connectivity index (χ2n) is 8.09. The summed E-state index contributed by atoms with van der Waals surface area (Å²) in [6.45, 7) is 1.61. The number of fused-ring (bicyclic) bond motifs is 5. The van der Waals surface area contributed by atoms with Gasteiger partial charge in [0.1, 0.15) is 5.82 Å². The Hall–Kier alpha value is -2.41. The van der Waals surface area contributed by atoms with E-state index in [1.165, 1.54) is 17.0 Å². The van der Waals surface area contributed by atoms with Crippen molar-refractivity contribution < 1.29 is 14.0 Å². The van der Waals surface area contributed by atoms with Crippen LogP contribution in [-0.2, 0) is 16.0 Å². The van der Waals surface area contributed by atoms with Gasteiger partial charge in [-0.3, -0.25) is 19.5 Å². The quantitative estimate of drug-likeness (QED) is 0.228. The van der Waals surface area contributed by atoms with Crippen molar-refractivity contribution in [3.05, 3.63) is 46.8 Å². The van der Waals surface area contributed by atoms with Crippen LogP contribution in [0.3, 0.4) is 0 Å². The third-order valence-electron chi connectivity index (χ3n) is 6.34. The van der Waals surface area contributed by atoms with E-state index in [0.717, 1.165) is 12.0 Å². The van der Waals surface area contributed by atoms with E-state index in [2.05, 4.69) is 27.8 Å². The first-order valence-corrected chi connectivity index (χ1v) is 10.8. The van der Waals surface area contributed by atoms with Crippen LogP contribution < -0.4 is 10.6 Å². The summed E-state index contributed by atoms with van der Waals surface area (Å²) < 4.78 is 13.1. The molecule has 1 aliphatic heterocycles. The molecule has 1 saturated carbocycles. The molecule has 2 aliphatic carbocycles. The average molecular weight is 433 g/mol. The number of rotatable bonds is 7. The van der Waals surface area contributed by atoms with Gasteiger partial charge in [-0.2, -0.15) is 0 Å². The molecule has 4 unspecified atom stereocenters. The summed E-state index contributed by atoms with van der Waals surface area (Å²) in [6, 6.07) is 4.38. The molecule has 0 radical (unpaired) electrons. The molecule has 0 aromatic heterocycles. The number of amides is 2. The number of hydrogen-bond acceptors (Lipinski definition) is 3. The molecule has 2 bridgehead atoms. The minimum absolute atomic E-state index is 0.000494. The van der Waals surface area contributed by atoms with Crippen LogP contribution in [-0.4, -0.2) is 49.4 Å². The summed E-state index contributed by atoms with van der Waals surface area (Å²) in [6.07, 6.45) is 6.46. The Morgan fingerprint density at radius 1 is 1.17 bits per heavy atom. The minimum Gasteiger partial charge on any atom is -0.356 e. The summed E-state index contributed by atoms with van der Waals surface area (Å²) in [7, 11) is 1.68. The zero-order chi connectivity index (χ0) is 21.3. The zero-order valence-electron chi connectivity index (χ0n) is 16.9. The van der Waals surface area contributed by atoms with E-state index >= 15 is 0 Å². The number of allylic oxidation sites excluding steroid dienone is 2. The number of carbonyl (C=O) groups is 2. The lowest BCUT2D eigenvalue weighted by molar-refractivity contribution is -0.140. The Morgan fingerprint density at radius 2 is 1.83 bits per heavy atom. The molecule has 1 saturated heterocycles. The van der Waals surface area contributed by atoms with Crippen LogP contribution in [0.2, 0.25) is 5.02 Å². The molecular formula is C22H26ClFN4O2. The number of likely N-dealkylation sites (tertiary alicyclic amines) is 1. The molecule has 1 heterocycles. The lowest BCUT2D eigenvalue weighted by Gasteiger charge is -2.18. The smallest absolute Gasteiger partial charge is 0.233 e. The third-order valence-corrected chi connectivity index (χ3v) is 6.69. The van der Waals surface area contributed by atoms with E-state index in [0.29, 0.717) is 43.5 Å². The van der Waals surface area contributed by atoms with Gasteiger partial charge < -0.3 is 10.6 Å². The van der Waals surface area contributed by atoms with Crippen LogP contribution in [0.1, 0.15) is 18.4 Å². The fraction of sp³-hybridized carbons (Fsp3) is 0.500. The molecule has 6 nitrogen and oxygen atoms in total. The Morgan fingerprint density at radius 3 is 2.47 bits per heavy atom. The summed E-state index contributed by atoms with van der Waals surface area (Å²) >= 11 is 6.05. The van der Waals surface area contributed by atoms with Crippen molar-refractivity contribution in [1.82, 2.24) is 15.5 Å². The maximum absolute atomic E-state index is 13.1. The normalized spacial score (nSPS) is 27.2. The minimum atomic E-state index is -0.350. The van der Waals surface area contributed by atoms with E-state index in [9.17, 15) is 14.0 Å². The Kier molecular flexibility index (Phi) is 6.09. The molecule has 1 aromatic carbocycles. The summed E-state index contributed by atoms with van der Waals surface area (Å²) in [4.78, 5) is 31.0. The van der Waals surface area contributed by atoms with Gasteiger partial charge in [0.05, 0.1) is 11.8 Å². The first-order chi connectivity index (χ1) is 14.5. The SMILES string of the molecule is CN=C(NCCCN1C(=O)C2C3C=CC(C3)C2C1=O)NCCc1ccc(F)cc1Cl. The maximum atomic E-state index is 13.1. The molecule has 4 atom stereocenters. The predicted molar refractivity (Wildman–Crippen MR) is 114 cm³/mol. The first kappa shape index (κ1) is 20.8. The van der Waals surface area contributed by atoms with Gasteiger partial charge in [-0.1, -0.05) is 29.8 Å².